The molecule has 0 bridgehead atoms. The molecule has 2 atom stereocenters. The van der Waals surface area contributed by atoms with Crippen molar-refractivity contribution in [2.75, 3.05) is 39.2 Å². The summed E-state index contributed by atoms with van der Waals surface area (Å²) in [6.45, 7) is 2.46. The van der Waals surface area contributed by atoms with E-state index in [1.165, 1.54) is 12.2 Å². The topological polar surface area (TPSA) is 96.9 Å². The standard InChI is InChI=1S/C20H33N2O5PS2/c1-16(30-3)17-8-10-18(11-9-17)19(23)21-13-15-26-20(24)22-12-6-4-5-7-14-27-28(2,25)29/h8-11,16H,4-7,12-15H2,1-3H3,(H,21,23)(H,22,24)(H,25,29). The fraction of sp³-hybridized carbons (Fsp3) is 0.600. The van der Waals surface area contributed by atoms with Gasteiger partial charge in [-0.3, -0.25) is 4.79 Å². The van der Waals surface area contributed by atoms with Crippen LogP contribution in [0.5, 0.6) is 0 Å². The van der Waals surface area contributed by atoms with Crippen LogP contribution in [0, 0.1) is 0 Å². The maximum absolute atomic E-state index is 12.1. The zero-order valence-corrected chi connectivity index (χ0v) is 20.4. The van der Waals surface area contributed by atoms with Crippen LogP contribution in [-0.4, -0.2) is 56.1 Å². The van der Waals surface area contributed by atoms with Gasteiger partial charge < -0.3 is 24.8 Å². The van der Waals surface area contributed by atoms with E-state index in [0.29, 0.717) is 24.0 Å². The molecule has 1 aromatic rings. The van der Waals surface area contributed by atoms with E-state index in [0.717, 1.165) is 25.7 Å². The number of hydrogen-bond donors (Lipinski definition) is 3. The van der Waals surface area contributed by atoms with E-state index in [4.69, 9.17) is 21.1 Å². The summed E-state index contributed by atoms with van der Waals surface area (Å²) in [5.41, 5.74) is 1.76. The summed E-state index contributed by atoms with van der Waals surface area (Å²) in [6.07, 6.45) is 5.10. The molecule has 0 fully saturated rings. The van der Waals surface area contributed by atoms with Crippen LogP contribution in [0.1, 0.15) is 53.8 Å². The number of benzene rings is 1. The fourth-order valence-electron chi connectivity index (χ4n) is 2.51. The molecular weight excluding hydrogens is 443 g/mol. The first kappa shape index (κ1) is 26.9. The molecular formula is C20H33N2O5PS2. The number of carbonyl (C=O) groups excluding carboxylic acids is 2. The van der Waals surface area contributed by atoms with Gasteiger partial charge in [-0.15, -0.1) is 0 Å². The molecule has 0 aromatic heterocycles. The summed E-state index contributed by atoms with van der Waals surface area (Å²) >= 11 is 6.54. The molecule has 2 amide bonds. The van der Waals surface area contributed by atoms with Crippen LogP contribution in [0.2, 0.25) is 0 Å². The zero-order chi connectivity index (χ0) is 22.4. The summed E-state index contributed by atoms with van der Waals surface area (Å²) < 4.78 is 10.2. The predicted molar refractivity (Wildman–Crippen MR) is 127 cm³/mol. The van der Waals surface area contributed by atoms with E-state index < -0.39 is 12.6 Å². The third-order valence-electron chi connectivity index (χ3n) is 4.29. The highest BCUT2D eigenvalue weighted by Gasteiger charge is 2.08. The van der Waals surface area contributed by atoms with Gasteiger partial charge in [-0.1, -0.05) is 25.0 Å². The Labute approximate surface area is 188 Å². The number of thioether (sulfide) groups is 1. The summed E-state index contributed by atoms with van der Waals surface area (Å²) in [5, 5.41) is 5.81. The Kier molecular flexibility index (Phi) is 13.3. The van der Waals surface area contributed by atoms with Gasteiger partial charge in [0.1, 0.15) is 6.61 Å². The monoisotopic (exact) mass is 476 g/mol. The molecule has 0 aliphatic rings. The molecule has 7 nitrogen and oxygen atoms in total. The second-order valence-electron chi connectivity index (χ2n) is 6.87. The Bertz CT molecular complexity index is 697. The highest BCUT2D eigenvalue weighted by Crippen LogP contribution is 2.37. The Morgan fingerprint density at radius 2 is 1.77 bits per heavy atom. The number of hydrogen-bond acceptors (Lipinski definition) is 6. The largest absolute Gasteiger partial charge is 0.448 e. The van der Waals surface area contributed by atoms with Crippen LogP contribution in [-0.2, 0) is 21.1 Å². The van der Waals surface area contributed by atoms with Gasteiger partial charge in [-0.25, -0.2) is 4.79 Å². The maximum Gasteiger partial charge on any atom is 0.407 e. The molecule has 0 aliphatic heterocycles. The van der Waals surface area contributed by atoms with Crippen LogP contribution >= 0.6 is 18.3 Å². The van der Waals surface area contributed by atoms with Crippen molar-refractivity contribution in [1.29, 1.82) is 0 Å². The summed E-state index contributed by atoms with van der Waals surface area (Å²) in [6, 6.07) is 7.52. The summed E-state index contributed by atoms with van der Waals surface area (Å²) in [5.74, 6) is -0.189. The van der Waals surface area contributed by atoms with Gasteiger partial charge in [0.25, 0.3) is 5.91 Å². The van der Waals surface area contributed by atoms with Crippen molar-refractivity contribution in [3.8, 4) is 0 Å². The quantitative estimate of drug-likeness (QED) is 0.275. The number of alkyl carbamates (subject to hydrolysis) is 1. The number of unbranched alkanes of at least 4 members (excludes halogenated alkanes) is 3. The van der Waals surface area contributed by atoms with Gasteiger partial charge in [0.05, 0.1) is 13.2 Å². The molecule has 0 saturated carbocycles. The molecule has 3 N–H and O–H groups in total. The van der Waals surface area contributed by atoms with Crippen molar-refractivity contribution in [3.63, 3.8) is 0 Å². The Balaban J connectivity index is 2.06. The molecule has 0 radical (unpaired) electrons. The molecule has 2 unspecified atom stereocenters. The zero-order valence-electron chi connectivity index (χ0n) is 17.9. The van der Waals surface area contributed by atoms with Gasteiger partial charge in [0.15, 0.2) is 6.49 Å². The lowest BCUT2D eigenvalue weighted by Gasteiger charge is -2.10. The Morgan fingerprint density at radius 1 is 1.10 bits per heavy atom. The average molecular weight is 477 g/mol. The number of carbonyl (C=O) groups is 2. The first-order chi connectivity index (χ1) is 14.2. The molecule has 1 aromatic carbocycles. The lowest BCUT2D eigenvalue weighted by molar-refractivity contribution is 0.0934. The average Bonchev–Trinajstić information content (AvgIpc) is 2.71. The molecule has 0 spiro atoms. The Hall–Kier alpha value is -1.12. The second-order valence-corrected chi connectivity index (χ2v) is 11.9. The molecule has 170 valence electrons. The maximum atomic E-state index is 12.1. The van der Waals surface area contributed by atoms with Crippen molar-refractivity contribution in [2.45, 2.75) is 37.9 Å². The van der Waals surface area contributed by atoms with Gasteiger partial charge in [-0.2, -0.15) is 11.8 Å². The van der Waals surface area contributed by atoms with E-state index in [-0.39, 0.29) is 19.1 Å². The molecule has 1 rings (SSSR count). The lowest BCUT2D eigenvalue weighted by atomic mass is 10.1. The molecule has 0 saturated heterocycles. The minimum Gasteiger partial charge on any atom is -0.448 e. The number of amides is 2. The van der Waals surface area contributed by atoms with Crippen LogP contribution in [0.25, 0.3) is 0 Å². The highest BCUT2D eigenvalue weighted by molar-refractivity contribution is 8.09. The number of rotatable bonds is 14. The highest BCUT2D eigenvalue weighted by atomic mass is 32.5. The van der Waals surface area contributed by atoms with Crippen LogP contribution in [0.15, 0.2) is 24.3 Å². The van der Waals surface area contributed by atoms with Gasteiger partial charge in [0, 0.05) is 24.0 Å². The van der Waals surface area contributed by atoms with E-state index in [1.54, 1.807) is 23.9 Å². The fourth-order valence-corrected chi connectivity index (χ4v) is 3.63. The lowest BCUT2D eigenvalue weighted by Crippen LogP contribution is -2.31. The molecule has 10 heteroatoms. The SMILES string of the molecule is CSC(C)c1ccc(C(=O)NCCOC(=O)NCCCCCCOP(C)(O)=S)cc1. The van der Waals surface area contributed by atoms with E-state index in [1.807, 2.05) is 12.1 Å². The van der Waals surface area contributed by atoms with Crippen molar-refractivity contribution in [2.24, 2.45) is 0 Å². The normalized spacial score (nSPS) is 13.9. The third-order valence-corrected chi connectivity index (χ3v) is 6.25. The smallest absolute Gasteiger partial charge is 0.407 e. The molecule has 30 heavy (non-hydrogen) atoms. The van der Waals surface area contributed by atoms with Gasteiger partial charge >= 0.3 is 6.09 Å². The number of nitrogens with one attached hydrogen (secondary N) is 2. The Morgan fingerprint density at radius 3 is 2.40 bits per heavy atom. The second kappa shape index (κ2) is 14.8. The summed E-state index contributed by atoms with van der Waals surface area (Å²) in [4.78, 5) is 33.1. The van der Waals surface area contributed by atoms with Crippen molar-refractivity contribution in [3.05, 3.63) is 35.4 Å². The van der Waals surface area contributed by atoms with Crippen molar-refractivity contribution in [1.82, 2.24) is 10.6 Å². The third kappa shape index (κ3) is 12.5. The van der Waals surface area contributed by atoms with E-state index in [2.05, 4.69) is 23.8 Å². The van der Waals surface area contributed by atoms with Crippen LogP contribution in [0.4, 0.5) is 4.79 Å². The first-order valence-corrected chi connectivity index (χ1v) is 14.4. The van der Waals surface area contributed by atoms with Crippen molar-refractivity contribution < 1.29 is 23.7 Å². The van der Waals surface area contributed by atoms with E-state index in [9.17, 15) is 14.5 Å². The van der Waals surface area contributed by atoms with Crippen LogP contribution < -0.4 is 10.6 Å². The van der Waals surface area contributed by atoms with Gasteiger partial charge in [0.2, 0.25) is 0 Å². The van der Waals surface area contributed by atoms with Crippen LogP contribution in [0.3, 0.4) is 0 Å². The number of ether oxygens (including phenoxy) is 1. The van der Waals surface area contributed by atoms with E-state index >= 15 is 0 Å². The van der Waals surface area contributed by atoms with Gasteiger partial charge in [-0.05, 0) is 55.5 Å². The molecule has 0 heterocycles. The molecule has 0 aliphatic carbocycles. The minimum atomic E-state index is -2.55. The predicted octanol–water partition coefficient (Wildman–Crippen LogP) is 4.08. The van der Waals surface area contributed by atoms with Crippen molar-refractivity contribution >= 4 is 42.1 Å². The first-order valence-electron chi connectivity index (χ1n) is 9.99. The minimum absolute atomic E-state index is 0.112. The summed E-state index contributed by atoms with van der Waals surface area (Å²) in [7, 11) is 0.